The van der Waals surface area contributed by atoms with Gasteiger partial charge in [0, 0.05) is 65.9 Å². The molecule has 0 saturated heterocycles. The van der Waals surface area contributed by atoms with Crippen molar-refractivity contribution < 1.29 is 4.74 Å². The maximum atomic E-state index is 6.50. The first-order valence-electron chi connectivity index (χ1n) is 12.8. The van der Waals surface area contributed by atoms with E-state index in [2.05, 4.69) is 57.9 Å². The lowest BCUT2D eigenvalue weighted by atomic mass is 10.0. The lowest BCUT2D eigenvalue weighted by Gasteiger charge is -2.12. The smallest absolute Gasteiger partial charge is 0.235 e. The molecule has 1 saturated carbocycles. The van der Waals surface area contributed by atoms with E-state index in [9.17, 15) is 0 Å². The number of benzene rings is 1. The highest BCUT2D eigenvalue weighted by Gasteiger charge is 2.33. The van der Waals surface area contributed by atoms with E-state index in [1.807, 2.05) is 25.4 Å². The number of aryl methyl sites for hydroxylation is 1. The molecule has 0 aliphatic heterocycles. The van der Waals surface area contributed by atoms with Crippen molar-refractivity contribution in [3.63, 3.8) is 0 Å². The number of hydrogen-bond acceptors (Lipinski definition) is 7. The van der Waals surface area contributed by atoms with Gasteiger partial charge in [0.05, 0.1) is 24.7 Å². The van der Waals surface area contributed by atoms with E-state index in [1.54, 1.807) is 24.2 Å². The molecule has 10 nitrogen and oxygen atoms in total. The molecule has 0 atom stereocenters. The van der Waals surface area contributed by atoms with Crippen molar-refractivity contribution >= 4 is 28.6 Å². The number of nitrogens with zero attached hydrogens (tertiary/aromatic N) is 7. The van der Waals surface area contributed by atoms with Crippen LogP contribution in [0.5, 0.6) is 5.88 Å². The van der Waals surface area contributed by atoms with Crippen LogP contribution >= 0.6 is 0 Å². The summed E-state index contributed by atoms with van der Waals surface area (Å²) < 4.78 is 9.36. The summed E-state index contributed by atoms with van der Waals surface area (Å²) in [5.41, 5.74) is 14.4. The van der Waals surface area contributed by atoms with Gasteiger partial charge >= 0.3 is 0 Å². The maximum Gasteiger partial charge on any atom is 0.235 e. The lowest BCUT2D eigenvalue weighted by Crippen LogP contribution is -2.03. The topological polar surface area (TPSA) is 125 Å². The molecule has 6 rings (SSSR count). The van der Waals surface area contributed by atoms with E-state index in [-0.39, 0.29) is 5.92 Å². The minimum atomic E-state index is 0.209. The van der Waals surface area contributed by atoms with Gasteiger partial charge in [-0.3, -0.25) is 4.68 Å². The van der Waals surface area contributed by atoms with Crippen LogP contribution in [0.15, 0.2) is 41.7 Å². The number of nitrogens with two attached hydrogens (primary N) is 1. The van der Waals surface area contributed by atoms with E-state index in [4.69, 9.17) is 20.4 Å². The summed E-state index contributed by atoms with van der Waals surface area (Å²) in [7, 11) is 5.60. The number of ether oxygens (including phenoxy) is 1. The first kappa shape index (κ1) is 23.9. The molecule has 1 aromatic carbocycles. The highest BCUT2D eigenvalue weighted by molar-refractivity contribution is 5.97. The van der Waals surface area contributed by atoms with Crippen LogP contribution in [-0.2, 0) is 14.1 Å². The van der Waals surface area contributed by atoms with E-state index in [0.717, 1.165) is 57.8 Å². The van der Waals surface area contributed by atoms with Gasteiger partial charge in [0.2, 0.25) is 5.88 Å². The maximum absolute atomic E-state index is 6.50. The number of fused-ring (bicyclic) bond motifs is 1. The number of rotatable bonds is 7. The Hall–Kier alpha value is -4.47. The number of aromatic nitrogens is 7. The standard InChI is InChI=1S/C28H31N9O/c1-15(2)23-19(11-17-14-36(3)35-26(17)32-23)27-33-24(25(37(27)4)16-9-10-16)18-7-6-8-21(29)20(18)12-30-22-13-31-34-28(22)38-5/h6-8,11-16H,9-10,29H2,1-5H3,(H,31,34). The number of anilines is 1. The Balaban J connectivity index is 1.54. The number of aliphatic imine (C=N–C) groups is 1. The minimum absolute atomic E-state index is 0.209. The van der Waals surface area contributed by atoms with Crippen LogP contribution in [-0.4, -0.2) is 47.8 Å². The van der Waals surface area contributed by atoms with Gasteiger partial charge in [-0.25, -0.2) is 20.1 Å². The fraction of sp³-hybridized carbons (Fsp3) is 0.321. The zero-order valence-electron chi connectivity index (χ0n) is 22.2. The molecule has 38 heavy (non-hydrogen) atoms. The number of nitrogen functional groups attached to an aromatic ring is 1. The van der Waals surface area contributed by atoms with Gasteiger partial charge in [0.1, 0.15) is 11.5 Å². The van der Waals surface area contributed by atoms with E-state index >= 15 is 0 Å². The molecule has 1 aliphatic rings. The van der Waals surface area contributed by atoms with Gasteiger partial charge in [0.15, 0.2) is 5.65 Å². The van der Waals surface area contributed by atoms with Crippen LogP contribution < -0.4 is 10.5 Å². The molecule has 4 aromatic heterocycles. The van der Waals surface area contributed by atoms with Gasteiger partial charge in [-0.15, -0.1) is 0 Å². The van der Waals surface area contributed by atoms with Crippen LogP contribution in [0.25, 0.3) is 33.7 Å². The van der Waals surface area contributed by atoms with E-state index in [0.29, 0.717) is 23.2 Å². The molecular weight excluding hydrogens is 478 g/mol. The number of imidazole rings is 1. The Morgan fingerprint density at radius 2 is 2.00 bits per heavy atom. The van der Waals surface area contributed by atoms with Crippen LogP contribution in [0.3, 0.4) is 0 Å². The van der Waals surface area contributed by atoms with Gasteiger partial charge in [-0.05, 0) is 30.9 Å². The third-order valence-corrected chi connectivity index (χ3v) is 7.05. The monoisotopic (exact) mass is 509 g/mol. The average Bonchev–Trinajstić information content (AvgIpc) is 3.34. The summed E-state index contributed by atoms with van der Waals surface area (Å²) in [6.45, 7) is 4.31. The highest BCUT2D eigenvalue weighted by atomic mass is 16.5. The van der Waals surface area contributed by atoms with Crippen LogP contribution in [0.4, 0.5) is 11.4 Å². The predicted octanol–water partition coefficient (Wildman–Crippen LogP) is 5.10. The number of methoxy groups -OCH3 is 1. The fourth-order valence-electron chi connectivity index (χ4n) is 5.06. The van der Waals surface area contributed by atoms with Gasteiger partial charge in [-0.1, -0.05) is 26.0 Å². The van der Waals surface area contributed by atoms with Crippen molar-refractivity contribution in [3.8, 4) is 28.5 Å². The van der Waals surface area contributed by atoms with E-state index in [1.165, 1.54) is 5.69 Å². The Labute approximate surface area is 220 Å². The van der Waals surface area contributed by atoms with Gasteiger partial charge in [-0.2, -0.15) is 10.2 Å². The van der Waals surface area contributed by atoms with E-state index < -0.39 is 0 Å². The van der Waals surface area contributed by atoms with Crippen molar-refractivity contribution in [2.24, 2.45) is 19.1 Å². The Bertz CT molecular complexity index is 1680. The number of aromatic amines is 1. The fourth-order valence-corrected chi connectivity index (χ4v) is 5.06. The quantitative estimate of drug-likeness (QED) is 0.232. The Morgan fingerprint density at radius 1 is 1.18 bits per heavy atom. The van der Waals surface area contributed by atoms with Gasteiger partial charge in [0.25, 0.3) is 0 Å². The summed E-state index contributed by atoms with van der Waals surface area (Å²) in [6, 6.07) is 8.08. The summed E-state index contributed by atoms with van der Waals surface area (Å²) in [6.07, 6.45) is 7.67. The zero-order valence-corrected chi connectivity index (χ0v) is 22.2. The molecule has 1 fully saturated rings. The minimum Gasteiger partial charge on any atom is -0.480 e. The molecule has 194 valence electrons. The normalized spacial score (nSPS) is 13.8. The van der Waals surface area contributed by atoms with Crippen molar-refractivity contribution in [2.75, 3.05) is 12.8 Å². The molecule has 0 radical (unpaired) electrons. The Kier molecular flexibility index (Phi) is 5.74. The number of pyridine rings is 1. The number of nitrogens with one attached hydrogen (secondary N) is 1. The molecule has 1 aliphatic carbocycles. The molecule has 0 spiro atoms. The first-order chi connectivity index (χ1) is 18.4. The second-order valence-corrected chi connectivity index (χ2v) is 10.1. The molecule has 0 bridgehead atoms. The van der Waals surface area contributed by atoms with Crippen LogP contribution in [0.1, 0.15) is 55.5 Å². The predicted molar refractivity (Wildman–Crippen MR) is 149 cm³/mol. The molecule has 4 heterocycles. The molecule has 5 aromatic rings. The number of H-pyrrole nitrogens is 1. The van der Waals surface area contributed by atoms with Crippen LogP contribution in [0.2, 0.25) is 0 Å². The second kappa shape index (κ2) is 9.13. The van der Waals surface area contributed by atoms with Crippen molar-refractivity contribution in [2.45, 2.75) is 38.5 Å². The average molecular weight is 510 g/mol. The largest absolute Gasteiger partial charge is 0.480 e. The summed E-state index contributed by atoms with van der Waals surface area (Å²) in [4.78, 5) is 14.9. The molecule has 0 unspecified atom stereocenters. The lowest BCUT2D eigenvalue weighted by molar-refractivity contribution is 0.398. The summed E-state index contributed by atoms with van der Waals surface area (Å²) in [5.74, 6) is 2.05. The molecular formula is C28H31N9O. The molecule has 0 amide bonds. The van der Waals surface area contributed by atoms with Crippen molar-refractivity contribution in [3.05, 3.63) is 53.6 Å². The number of hydrogen-bond donors (Lipinski definition) is 2. The first-order valence-corrected chi connectivity index (χ1v) is 12.8. The molecule has 3 N–H and O–H groups in total. The SMILES string of the molecule is COc1[nH]ncc1N=Cc1c(N)cccc1-c1nc(-c2cc3cn(C)nc3nc2C(C)C)n(C)c1C1CC1. The molecule has 10 heteroatoms. The zero-order chi connectivity index (χ0) is 26.6. The summed E-state index contributed by atoms with van der Waals surface area (Å²) >= 11 is 0. The third-order valence-electron chi connectivity index (χ3n) is 7.05. The third kappa shape index (κ3) is 4.02. The van der Waals surface area contributed by atoms with Crippen molar-refractivity contribution in [1.82, 2.24) is 34.5 Å². The van der Waals surface area contributed by atoms with Crippen molar-refractivity contribution in [1.29, 1.82) is 0 Å². The van der Waals surface area contributed by atoms with Crippen LogP contribution in [0, 0.1) is 0 Å². The second-order valence-electron chi connectivity index (χ2n) is 10.1. The summed E-state index contributed by atoms with van der Waals surface area (Å²) in [5, 5.41) is 12.3. The Morgan fingerprint density at radius 3 is 2.74 bits per heavy atom. The highest BCUT2D eigenvalue weighted by Crippen LogP contribution is 2.47. The van der Waals surface area contributed by atoms with Gasteiger partial charge < -0.3 is 15.0 Å².